The molecule has 316 valence electrons. The maximum absolute atomic E-state index is 2.83. The zero-order valence-corrected chi connectivity index (χ0v) is 39.6. The molecule has 8 aromatic carbocycles. The maximum Gasteiger partial charge on any atom is 0.329 e. The molecule has 0 bridgehead atoms. The van der Waals surface area contributed by atoms with E-state index in [9.17, 15) is 0 Å². The summed E-state index contributed by atoms with van der Waals surface area (Å²) < 4.78 is 0. The van der Waals surface area contributed by atoms with Gasteiger partial charge < -0.3 is 9.71 Å². The summed E-state index contributed by atoms with van der Waals surface area (Å²) in [5.41, 5.74) is 30.2. The van der Waals surface area contributed by atoms with E-state index in [1.54, 1.807) is 0 Å². The molecule has 0 saturated carbocycles. The SMILES string of the molecule is CC(C)c1ccc(N2c3cc4c(cc3B3c5cc(C(C)C)cc6c5N5B(c7cc(C(C)C)ccc7-6)c6cc(C(C)C)ccc6-c6ccc2c3c65)-c2cc3ccccc3cc2C4(C)C)cc1. The van der Waals surface area contributed by atoms with Crippen LogP contribution in [-0.4, -0.2) is 13.6 Å². The molecule has 65 heavy (non-hydrogen) atoms. The smallest absolute Gasteiger partial charge is 0.329 e. The van der Waals surface area contributed by atoms with Gasteiger partial charge in [0.2, 0.25) is 0 Å². The van der Waals surface area contributed by atoms with Gasteiger partial charge in [-0.15, -0.1) is 0 Å². The molecule has 0 aromatic heterocycles. The van der Waals surface area contributed by atoms with Gasteiger partial charge in [0.05, 0.1) is 0 Å². The van der Waals surface area contributed by atoms with Crippen molar-refractivity contribution in [2.24, 2.45) is 0 Å². The molecule has 0 atom stereocenters. The van der Waals surface area contributed by atoms with Crippen LogP contribution < -0.4 is 37.0 Å². The highest BCUT2D eigenvalue weighted by atomic mass is 15.2. The Bertz CT molecular complexity index is 3390. The van der Waals surface area contributed by atoms with Crippen molar-refractivity contribution in [1.29, 1.82) is 0 Å². The molecule has 0 N–H and O–H groups in total. The molecule has 8 aromatic rings. The normalized spacial score (nSPS) is 15.2. The fourth-order valence-electron chi connectivity index (χ4n) is 12.7. The number of hydrogen-bond donors (Lipinski definition) is 0. The van der Waals surface area contributed by atoms with Gasteiger partial charge in [0, 0.05) is 45.0 Å². The van der Waals surface area contributed by atoms with Gasteiger partial charge in [0.1, 0.15) is 0 Å². The highest BCUT2D eigenvalue weighted by molar-refractivity contribution is 7.03. The molecule has 0 amide bonds. The lowest BCUT2D eigenvalue weighted by Crippen LogP contribution is -2.69. The van der Waals surface area contributed by atoms with E-state index in [0.717, 1.165) is 0 Å². The van der Waals surface area contributed by atoms with Crippen LogP contribution in [-0.2, 0) is 5.41 Å². The average molecular weight is 839 g/mol. The number of benzene rings is 8. The number of nitrogens with zero attached hydrogens (tertiary/aromatic N) is 2. The number of rotatable bonds is 5. The third-order valence-corrected chi connectivity index (χ3v) is 16.3. The molecule has 4 aliphatic heterocycles. The largest absolute Gasteiger partial charge is 0.377 e. The Morgan fingerprint density at radius 1 is 0.415 bits per heavy atom. The second kappa shape index (κ2) is 13.4. The van der Waals surface area contributed by atoms with Crippen LogP contribution in [0.2, 0.25) is 0 Å². The highest BCUT2D eigenvalue weighted by Gasteiger charge is 2.53. The first-order chi connectivity index (χ1) is 31.3. The number of fused-ring (bicyclic) bond motifs is 13. The second-order valence-corrected chi connectivity index (χ2v) is 21.7. The van der Waals surface area contributed by atoms with Crippen LogP contribution in [0.4, 0.5) is 28.4 Å². The van der Waals surface area contributed by atoms with Crippen molar-refractivity contribution in [3.63, 3.8) is 0 Å². The Morgan fingerprint density at radius 3 is 1.62 bits per heavy atom. The highest BCUT2D eigenvalue weighted by Crippen LogP contribution is 2.55. The quantitative estimate of drug-likeness (QED) is 0.159. The summed E-state index contributed by atoms with van der Waals surface area (Å²) in [4.78, 5) is 5.47. The Morgan fingerprint density at radius 2 is 0.969 bits per heavy atom. The first kappa shape index (κ1) is 39.1. The fraction of sp³-hybridized carbons (Fsp3) is 0.246. The van der Waals surface area contributed by atoms with Crippen molar-refractivity contribution < 1.29 is 0 Å². The van der Waals surface area contributed by atoms with Gasteiger partial charge in [-0.2, -0.15) is 0 Å². The Kier molecular flexibility index (Phi) is 8.08. The molecule has 1 aliphatic carbocycles. The molecule has 13 rings (SSSR count). The molecule has 4 heterocycles. The zero-order valence-electron chi connectivity index (χ0n) is 39.6. The van der Waals surface area contributed by atoms with Crippen LogP contribution in [0.5, 0.6) is 0 Å². The number of anilines is 5. The molecule has 2 nitrogen and oxygen atoms in total. The summed E-state index contributed by atoms with van der Waals surface area (Å²) in [5.74, 6) is 1.68. The average Bonchev–Trinajstić information content (AvgIpc) is 3.51. The lowest BCUT2D eigenvalue weighted by molar-refractivity contribution is 0.661. The van der Waals surface area contributed by atoms with Crippen molar-refractivity contribution in [2.75, 3.05) is 9.71 Å². The van der Waals surface area contributed by atoms with Gasteiger partial charge in [0.25, 0.3) is 6.71 Å². The summed E-state index contributed by atoms with van der Waals surface area (Å²) in [6.07, 6.45) is 0. The van der Waals surface area contributed by atoms with Crippen molar-refractivity contribution >= 4 is 80.1 Å². The lowest BCUT2D eigenvalue weighted by atomic mass is 9.30. The predicted molar refractivity (Wildman–Crippen MR) is 282 cm³/mol. The monoisotopic (exact) mass is 838 g/mol. The van der Waals surface area contributed by atoms with E-state index in [0.29, 0.717) is 23.7 Å². The van der Waals surface area contributed by atoms with Gasteiger partial charge in [-0.25, -0.2) is 0 Å². The second-order valence-electron chi connectivity index (χ2n) is 21.7. The Balaban J connectivity index is 1.18. The summed E-state index contributed by atoms with van der Waals surface area (Å²) in [7, 11) is 0. The standard InChI is InChI=1S/C61H56B2N2/c1-33(2)37-15-19-43(20-16-37)64-56-24-23-46-44-21-17-38(34(3)4)28-52(44)63-53-29-39(35(5)6)18-22-45(53)49-26-42(36(7)8)30-55-59(49)65(63)60(46)58(56)62(55)54-31-48-47-25-40-13-11-12-14-41(40)27-50(47)61(9,10)51(48)32-57(54)64/h11-36H,1-10H3. The molecular formula is C61H56B2N2. The Hall–Kier alpha value is -6.25. The molecule has 0 spiro atoms. The minimum absolute atomic E-state index is 0.0383. The van der Waals surface area contributed by atoms with Crippen molar-refractivity contribution in [3.05, 3.63) is 167 Å². The van der Waals surface area contributed by atoms with Crippen LogP contribution in [0.25, 0.3) is 44.2 Å². The van der Waals surface area contributed by atoms with E-state index in [-0.39, 0.29) is 19.0 Å². The number of hydrogen-bond acceptors (Lipinski definition) is 2. The third-order valence-electron chi connectivity index (χ3n) is 16.3. The third kappa shape index (κ3) is 5.20. The van der Waals surface area contributed by atoms with Crippen LogP contribution in [0.15, 0.2) is 133 Å². The van der Waals surface area contributed by atoms with Gasteiger partial charge in [-0.05, 0) is 160 Å². The van der Waals surface area contributed by atoms with E-state index in [1.807, 2.05) is 0 Å². The van der Waals surface area contributed by atoms with Crippen LogP contribution >= 0.6 is 0 Å². The molecule has 0 saturated heterocycles. The summed E-state index contributed by atoms with van der Waals surface area (Å²) in [5, 5.41) is 2.61. The van der Waals surface area contributed by atoms with Gasteiger partial charge in [-0.1, -0.05) is 160 Å². The molecule has 0 radical (unpaired) electrons. The van der Waals surface area contributed by atoms with Gasteiger partial charge in [-0.3, -0.25) is 0 Å². The lowest BCUT2D eigenvalue weighted by Gasteiger charge is -2.52. The van der Waals surface area contributed by atoms with E-state index >= 15 is 0 Å². The topological polar surface area (TPSA) is 6.48 Å². The van der Waals surface area contributed by atoms with E-state index in [2.05, 4.69) is 212 Å². The van der Waals surface area contributed by atoms with E-state index < -0.39 is 0 Å². The summed E-state index contributed by atoms with van der Waals surface area (Å²) in [6.45, 7) is 23.7. The van der Waals surface area contributed by atoms with Crippen LogP contribution in [0, 0.1) is 0 Å². The molecule has 0 unspecified atom stereocenters. The van der Waals surface area contributed by atoms with Gasteiger partial charge in [0.15, 0.2) is 0 Å². The van der Waals surface area contributed by atoms with E-state index in [4.69, 9.17) is 0 Å². The first-order valence-corrected chi connectivity index (χ1v) is 24.3. The first-order valence-electron chi connectivity index (χ1n) is 24.3. The van der Waals surface area contributed by atoms with Crippen molar-refractivity contribution in [1.82, 2.24) is 0 Å². The minimum atomic E-state index is -0.169. The van der Waals surface area contributed by atoms with Crippen LogP contribution in [0.3, 0.4) is 0 Å². The summed E-state index contributed by atoms with van der Waals surface area (Å²) in [6, 6.07) is 53.6. The molecule has 0 fully saturated rings. The maximum atomic E-state index is 2.83. The van der Waals surface area contributed by atoms with Crippen molar-refractivity contribution in [2.45, 2.75) is 98.3 Å². The van der Waals surface area contributed by atoms with Crippen LogP contribution in [0.1, 0.15) is 126 Å². The fourth-order valence-corrected chi connectivity index (χ4v) is 12.7. The summed E-state index contributed by atoms with van der Waals surface area (Å²) >= 11 is 0. The predicted octanol–water partition coefficient (Wildman–Crippen LogP) is 13.2. The Labute approximate surface area is 386 Å². The zero-order chi connectivity index (χ0) is 44.5. The molecule has 4 heteroatoms. The van der Waals surface area contributed by atoms with Crippen molar-refractivity contribution in [3.8, 4) is 33.4 Å². The van der Waals surface area contributed by atoms with E-state index in [1.165, 1.54) is 133 Å². The van der Waals surface area contributed by atoms with Gasteiger partial charge >= 0.3 is 6.85 Å². The minimum Gasteiger partial charge on any atom is -0.377 e. The molecular weight excluding hydrogens is 782 g/mol. The molecule has 5 aliphatic rings.